The van der Waals surface area contributed by atoms with Gasteiger partial charge < -0.3 is 19.7 Å². The second-order valence-corrected chi connectivity index (χ2v) is 12.0. The number of thiophene rings is 1. The lowest BCUT2D eigenvalue weighted by atomic mass is 9.84. The number of carbonyl (C=O) groups excluding carboxylic acids is 2. The van der Waals surface area contributed by atoms with Crippen LogP contribution in [0.5, 0.6) is 0 Å². The first kappa shape index (κ1) is 26.0. The Balaban J connectivity index is 1.57. The number of likely N-dealkylation sites (tertiary alicyclic amines) is 1. The lowest BCUT2D eigenvalue weighted by Gasteiger charge is -2.44. The van der Waals surface area contributed by atoms with Crippen LogP contribution in [0.3, 0.4) is 0 Å². The summed E-state index contributed by atoms with van der Waals surface area (Å²) in [4.78, 5) is 28.4. The van der Waals surface area contributed by atoms with E-state index in [1.807, 2.05) is 30.3 Å². The van der Waals surface area contributed by atoms with Gasteiger partial charge in [-0.05, 0) is 36.6 Å². The molecule has 0 spiro atoms. The second-order valence-electron chi connectivity index (χ2n) is 8.73. The third-order valence-electron chi connectivity index (χ3n) is 6.33. The van der Waals surface area contributed by atoms with Crippen LogP contribution in [-0.2, 0) is 30.8 Å². The van der Waals surface area contributed by atoms with Gasteiger partial charge in [0, 0.05) is 30.9 Å². The average molecular weight is 538 g/mol. The molecule has 2 saturated heterocycles. The van der Waals surface area contributed by atoms with Crippen LogP contribution in [0.15, 0.2) is 47.9 Å². The summed E-state index contributed by atoms with van der Waals surface area (Å²) >= 11 is 7.23. The lowest BCUT2D eigenvalue weighted by Crippen LogP contribution is -2.65. The Kier molecular flexibility index (Phi) is 8.09. The molecule has 0 saturated carbocycles. The van der Waals surface area contributed by atoms with E-state index in [2.05, 4.69) is 10.0 Å². The molecule has 1 unspecified atom stereocenters. The molecule has 1 aromatic carbocycles. The van der Waals surface area contributed by atoms with Gasteiger partial charge in [-0.25, -0.2) is 8.42 Å². The molecule has 2 N–H and O–H groups in total. The Morgan fingerprint density at radius 3 is 2.71 bits per heavy atom. The van der Waals surface area contributed by atoms with Crippen molar-refractivity contribution in [1.29, 1.82) is 0 Å². The summed E-state index contributed by atoms with van der Waals surface area (Å²) in [5.41, 5.74) is 0.148. The molecule has 11 heteroatoms. The van der Waals surface area contributed by atoms with Gasteiger partial charge in [-0.1, -0.05) is 41.9 Å². The highest BCUT2D eigenvalue weighted by Gasteiger charge is 2.51. The van der Waals surface area contributed by atoms with Crippen molar-refractivity contribution >= 4 is 50.7 Å². The number of hydrogen-bond donors (Lipinski definition) is 2. The molecule has 2 aliphatic rings. The first-order valence-corrected chi connectivity index (χ1v) is 14.1. The normalized spacial score (nSPS) is 23.3. The number of sulfonamides is 1. The fraction of sp³-hybridized carbons (Fsp3) is 0.417. The largest absolute Gasteiger partial charge is 0.373 e. The molecule has 2 aromatic rings. The monoisotopic (exact) mass is 537 g/mol. The Labute approximate surface area is 214 Å². The third kappa shape index (κ3) is 5.84. The topological polar surface area (TPSA) is 105 Å². The van der Waals surface area contributed by atoms with Gasteiger partial charge in [-0.15, -0.1) is 11.3 Å². The van der Waals surface area contributed by atoms with Crippen LogP contribution < -0.4 is 10.0 Å². The molecule has 1 amide bonds. The molecule has 1 aromatic heterocycles. The minimum Gasteiger partial charge on any atom is -0.373 e. The Bertz CT molecular complexity index is 1190. The first-order chi connectivity index (χ1) is 16.7. The number of nitrogens with one attached hydrogen (secondary N) is 2. The van der Waals surface area contributed by atoms with E-state index in [9.17, 15) is 18.0 Å². The van der Waals surface area contributed by atoms with Gasteiger partial charge in [0.1, 0.15) is 24.0 Å². The van der Waals surface area contributed by atoms with E-state index in [1.165, 1.54) is 16.2 Å². The van der Waals surface area contributed by atoms with Gasteiger partial charge in [-0.3, -0.25) is 4.79 Å². The maximum absolute atomic E-state index is 13.5. The zero-order chi connectivity index (χ0) is 25.1. The molecule has 8 nitrogen and oxygen atoms in total. The first-order valence-electron chi connectivity index (χ1n) is 11.3. The minimum absolute atomic E-state index is 0.237. The summed E-state index contributed by atoms with van der Waals surface area (Å²) < 4.78 is 34.7. The van der Waals surface area contributed by atoms with Gasteiger partial charge in [0.2, 0.25) is 15.9 Å². The standard InChI is InChI=1S/C24H28ClN3O5S2/c1-17(20-7-8-22(25)34-20)15-35(31,32)27-19-9-11-28(23(19)30)24(16-29,21-14-26-10-12-33-21)13-18-5-3-2-4-6-18/h2-8,15-16,19,21,26-27H,9-14H2,1H3/t19-,21?,24+/m0/s1. The number of carbonyl (C=O) groups is 2. The molecule has 3 atom stereocenters. The van der Waals surface area contributed by atoms with E-state index >= 15 is 0 Å². The fourth-order valence-electron chi connectivity index (χ4n) is 4.63. The van der Waals surface area contributed by atoms with Crippen molar-refractivity contribution in [2.75, 3.05) is 26.2 Å². The Morgan fingerprint density at radius 1 is 1.31 bits per heavy atom. The molecule has 2 fully saturated rings. The molecule has 35 heavy (non-hydrogen) atoms. The number of morpholine rings is 1. The minimum atomic E-state index is -3.92. The molecule has 0 bridgehead atoms. The van der Waals surface area contributed by atoms with Crippen LogP contribution in [0.2, 0.25) is 4.34 Å². The predicted octanol–water partition coefficient (Wildman–Crippen LogP) is 2.45. The summed E-state index contributed by atoms with van der Waals surface area (Å²) in [5, 5.41) is 4.34. The maximum atomic E-state index is 13.5. The highest BCUT2D eigenvalue weighted by Crippen LogP contribution is 2.32. The SMILES string of the molecule is CC(=CS(=O)(=O)N[C@H]1CCN([C@@](C=O)(Cc2ccccc2)C2CNCCO2)C1=O)c1ccc(Cl)s1. The van der Waals surface area contributed by atoms with E-state index in [0.29, 0.717) is 29.6 Å². The summed E-state index contributed by atoms with van der Waals surface area (Å²) in [7, 11) is -3.92. The molecule has 188 valence electrons. The second kappa shape index (κ2) is 10.9. The van der Waals surface area contributed by atoms with Crippen molar-refractivity contribution in [2.24, 2.45) is 0 Å². The van der Waals surface area contributed by atoms with Gasteiger partial charge >= 0.3 is 0 Å². The lowest BCUT2D eigenvalue weighted by molar-refractivity contribution is -0.150. The van der Waals surface area contributed by atoms with E-state index in [0.717, 1.165) is 22.1 Å². The van der Waals surface area contributed by atoms with Crippen molar-refractivity contribution in [3.8, 4) is 0 Å². The molecule has 4 rings (SSSR count). The number of hydrogen-bond acceptors (Lipinski definition) is 7. The van der Waals surface area contributed by atoms with Crippen molar-refractivity contribution in [3.63, 3.8) is 0 Å². The van der Waals surface area contributed by atoms with E-state index in [-0.39, 0.29) is 19.4 Å². The van der Waals surface area contributed by atoms with Crippen LogP contribution in [0, 0.1) is 0 Å². The van der Waals surface area contributed by atoms with Crippen LogP contribution in [0.1, 0.15) is 23.8 Å². The molecule has 0 radical (unpaired) electrons. The highest BCUT2D eigenvalue weighted by atomic mass is 35.5. The highest BCUT2D eigenvalue weighted by molar-refractivity contribution is 7.92. The smallest absolute Gasteiger partial charge is 0.241 e. The third-order valence-corrected chi connectivity index (χ3v) is 8.97. The number of halogens is 1. The average Bonchev–Trinajstić information content (AvgIpc) is 3.44. The molecular weight excluding hydrogens is 510 g/mol. The van der Waals surface area contributed by atoms with E-state index < -0.39 is 33.6 Å². The number of rotatable bonds is 9. The number of nitrogens with zero attached hydrogens (tertiary/aromatic N) is 1. The van der Waals surface area contributed by atoms with Crippen LogP contribution in [0.25, 0.3) is 5.57 Å². The van der Waals surface area contributed by atoms with Gasteiger partial charge in [0.05, 0.1) is 16.4 Å². The number of benzene rings is 1. The van der Waals surface area contributed by atoms with Crippen LogP contribution >= 0.6 is 22.9 Å². The van der Waals surface area contributed by atoms with Gasteiger partial charge in [0.15, 0.2) is 0 Å². The zero-order valence-electron chi connectivity index (χ0n) is 19.3. The molecule has 0 aliphatic carbocycles. The number of ether oxygens (including phenoxy) is 1. The van der Waals surface area contributed by atoms with E-state index in [4.69, 9.17) is 16.3 Å². The quantitative estimate of drug-likeness (QED) is 0.476. The van der Waals surface area contributed by atoms with Crippen molar-refractivity contribution in [2.45, 2.75) is 37.5 Å². The van der Waals surface area contributed by atoms with Crippen LogP contribution in [0.4, 0.5) is 0 Å². The maximum Gasteiger partial charge on any atom is 0.241 e. The summed E-state index contributed by atoms with van der Waals surface area (Å²) in [6, 6.07) is 11.9. The number of amides is 1. The summed E-state index contributed by atoms with van der Waals surface area (Å²) in [6.07, 6.45) is 0.753. The Morgan fingerprint density at radius 2 is 2.09 bits per heavy atom. The van der Waals surface area contributed by atoms with Crippen molar-refractivity contribution in [1.82, 2.24) is 14.9 Å². The molecule has 2 aliphatic heterocycles. The summed E-state index contributed by atoms with van der Waals surface area (Å²) in [5.74, 6) is -0.434. The van der Waals surface area contributed by atoms with E-state index in [1.54, 1.807) is 19.1 Å². The number of aldehydes is 1. The Hall–Kier alpha value is -2.08. The zero-order valence-corrected chi connectivity index (χ0v) is 21.7. The molecule has 3 heterocycles. The fourth-order valence-corrected chi connectivity index (χ4v) is 6.99. The summed E-state index contributed by atoms with van der Waals surface area (Å²) in [6.45, 7) is 3.41. The predicted molar refractivity (Wildman–Crippen MR) is 137 cm³/mol. The van der Waals surface area contributed by atoms with Gasteiger partial charge in [-0.2, -0.15) is 4.72 Å². The van der Waals surface area contributed by atoms with Crippen molar-refractivity contribution in [3.05, 3.63) is 62.6 Å². The van der Waals surface area contributed by atoms with Gasteiger partial charge in [0.25, 0.3) is 0 Å². The van der Waals surface area contributed by atoms with Crippen molar-refractivity contribution < 1.29 is 22.7 Å². The number of allylic oxidation sites excluding steroid dienone is 1. The molecular formula is C24H28ClN3O5S2. The van der Waals surface area contributed by atoms with Crippen LogP contribution in [-0.4, -0.2) is 69.4 Å².